The minimum absolute atomic E-state index is 0.0945. The van der Waals surface area contributed by atoms with Gasteiger partial charge in [0.25, 0.3) is 5.91 Å². The number of carbonyl (C=O) groups excluding carboxylic acids is 1. The summed E-state index contributed by atoms with van der Waals surface area (Å²) in [6, 6.07) is 10.8. The van der Waals surface area contributed by atoms with Gasteiger partial charge in [-0.25, -0.2) is 9.97 Å². The topological polar surface area (TPSA) is 99.2 Å². The summed E-state index contributed by atoms with van der Waals surface area (Å²) >= 11 is 0. The lowest BCUT2D eigenvalue weighted by Crippen LogP contribution is -2.44. The third-order valence-corrected chi connectivity index (χ3v) is 6.89. The fourth-order valence-corrected chi connectivity index (χ4v) is 4.52. The standard InChI is InChI=1S/C29H29F3N8O/c1-19-26(38-28-34-10-7-25(37-28)20-5-8-33-9-6-20)16-23(17-35-19)36-27(41)21-3-4-22(24(15-21)29(30,31)32)18-40-13-11-39(2)12-14-40/h3-10,15-17H,11-14,18H2,1-2H3,(H,36,41)(H,34,37,38). The van der Waals surface area contributed by atoms with Gasteiger partial charge in [-0.05, 0) is 55.9 Å². The van der Waals surface area contributed by atoms with Gasteiger partial charge in [0.15, 0.2) is 0 Å². The first-order valence-electron chi connectivity index (χ1n) is 13.1. The molecule has 0 radical (unpaired) electrons. The summed E-state index contributed by atoms with van der Waals surface area (Å²) < 4.78 is 42.0. The van der Waals surface area contributed by atoms with Crippen LogP contribution in [0.5, 0.6) is 0 Å². The minimum atomic E-state index is -4.59. The number of halogens is 3. The maximum Gasteiger partial charge on any atom is 0.416 e. The predicted molar refractivity (Wildman–Crippen MR) is 150 cm³/mol. The van der Waals surface area contributed by atoms with E-state index in [1.807, 2.05) is 24.1 Å². The van der Waals surface area contributed by atoms with E-state index in [4.69, 9.17) is 0 Å². The molecule has 3 aromatic heterocycles. The van der Waals surface area contributed by atoms with E-state index in [9.17, 15) is 18.0 Å². The first-order chi connectivity index (χ1) is 19.7. The Morgan fingerprint density at radius 1 is 0.976 bits per heavy atom. The zero-order chi connectivity index (χ0) is 29.0. The normalized spacial score (nSPS) is 14.6. The summed E-state index contributed by atoms with van der Waals surface area (Å²) in [6.07, 6.45) is 1.81. The lowest BCUT2D eigenvalue weighted by atomic mass is 10.0. The van der Waals surface area contributed by atoms with Crippen molar-refractivity contribution in [1.82, 2.24) is 29.7 Å². The number of carbonyl (C=O) groups is 1. The molecule has 0 unspecified atom stereocenters. The van der Waals surface area contributed by atoms with Crippen molar-refractivity contribution in [2.24, 2.45) is 0 Å². The van der Waals surface area contributed by atoms with Gasteiger partial charge in [0.2, 0.25) is 5.95 Å². The van der Waals surface area contributed by atoms with Crippen molar-refractivity contribution in [3.8, 4) is 11.3 Å². The molecular weight excluding hydrogens is 533 g/mol. The Labute approximate surface area is 235 Å². The number of nitrogens with zero attached hydrogens (tertiary/aromatic N) is 6. The first-order valence-corrected chi connectivity index (χ1v) is 13.1. The number of rotatable bonds is 7. The van der Waals surface area contributed by atoms with Gasteiger partial charge in [-0.15, -0.1) is 0 Å². The fourth-order valence-electron chi connectivity index (χ4n) is 4.52. The van der Waals surface area contributed by atoms with Crippen LogP contribution in [0.25, 0.3) is 11.3 Å². The van der Waals surface area contributed by atoms with Crippen LogP contribution in [0.4, 0.5) is 30.5 Å². The molecule has 1 aliphatic heterocycles. The van der Waals surface area contributed by atoms with Crippen LogP contribution < -0.4 is 10.6 Å². The SMILES string of the molecule is Cc1ncc(NC(=O)c2ccc(CN3CCN(C)CC3)c(C(F)(F)F)c2)cc1Nc1nccc(-c2ccncc2)n1. The number of pyridine rings is 2. The van der Waals surface area contributed by atoms with Crippen LogP contribution >= 0.6 is 0 Å². The molecule has 0 aliphatic carbocycles. The number of piperazine rings is 1. The van der Waals surface area contributed by atoms with Crippen LogP contribution in [-0.2, 0) is 12.7 Å². The minimum Gasteiger partial charge on any atom is -0.322 e. The summed E-state index contributed by atoms with van der Waals surface area (Å²) in [7, 11) is 1.99. The van der Waals surface area contributed by atoms with Gasteiger partial charge >= 0.3 is 6.18 Å². The van der Waals surface area contributed by atoms with Gasteiger partial charge in [0.1, 0.15) is 0 Å². The Morgan fingerprint density at radius 2 is 1.73 bits per heavy atom. The molecule has 0 spiro atoms. The second-order valence-electron chi connectivity index (χ2n) is 9.89. The van der Waals surface area contributed by atoms with Crippen LogP contribution in [0.1, 0.15) is 27.2 Å². The van der Waals surface area contributed by atoms with Crippen molar-refractivity contribution >= 4 is 23.2 Å². The summed E-state index contributed by atoms with van der Waals surface area (Å²) in [5.41, 5.74) is 2.27. The third-order valence-electron chi connectivity index (χ3n) is 6.89. The van der Waals surface area contributed by atoms with E-state index in [-0.39, 0.29) is 17.7 Å². The highest BCUT2D eigenvalue weighted by molar-refractivity contribution is 6.04. The molecule has 4 aromatic rings. The quantitative estimate of drug-likeness (QED) is 0.325. The molecule has 41 heavy (non-hydrogen) atoms. The molecule has 4 heterocycles. The molecule has 0 atom stereocenters. The summed E-state index contributed by atoms with van der Waals surface area (Å²) in [5, 5.41) is 5.77. The second kappa shape index (κ2) is 12.0. The van der Waals surface area contributed by atoms with Gasteiger partial charge in [-0.2, -0.15) is 13.2 Å². The van der Waals surface area contributed by atoms with E-state index in [1.54, 1.807) is 37.6 Å². The molecule has 9 nitrogen and oxygen atoms in total. The zero-order valence-corrected chi connectivity index (χ0v) is 22.6. The van der Waals surface area contributed by atoms with Gasteiger partial charge in [-0.1, -0.05) is 6.07 Å². The lowest BCUT2D eigenvalue weighted by Gasteiger charge is -2.33. The number of nitrogens with one attached hydrogen (secondary N) is 2. The summed E-state index contributed by atoms with van der Waals surface area (Å²) in [5.74, 6) is -0.354. The van der Waals surface area contributed by atoms with Crippen LogP contribution in [-0.4, -0.2) is 68.9 Å². The third kappa shape index (κ3) is 7.02. The van der Waals surface area contributed by atoms with Gasteiger partial charge < -0.3 is 15.5 Å². The summed E-state index contributed by atoms with van der Waals surface area (Å²) in [6.45, 7) is 4.91. The lowest BCUT2D eigenvalue weighted by molar-refractivity contribution is -0.138. The number of aromatic nitrogens is 4. The first kappa shape index (κ1) is 28.1. The number of amides is 1. The Balaban J connectivity index is 1.32. The Morgan fingerprint density at radius 3 is 2.46 bits per heavy atom. The van der Waals surface area contributed by atoms with Crippen molar-refractivity contribution < 1.29 is 18.0 Å². The molecule has 1 amide bonds. The molecule has 1 saturated heterocycles. The molecular formula is C29H29F3N8O. The highest BCUT2D eigenvalue weighted by atomic mass is 19.4. The number of hydrogen-bond donors (Lipinski definition) is 2. The van der Waals surface area contributed by atoms with Crippen molar-refractivity contribution in [2.75, 3.05) is 43.9 Å². The Bertz CT molecular complexity index is 1520. The smallest absolute Gasteiger partial charge is 0.322 e. The van der Waals surface area contributed by atoms with Gasteiger partial charge in [0.05, 0.1) is 34.5 Å². The number of aryl methyl sites for hydroxylation is 1. The van der Waals surface area contributed by atoms with Crippen LogP contribution in [0, 0.1) is 6.92 Å². The second-order valence-corrected chi connectivity index (χ2v) is 9.89. The van der Waals surface area contributed by atoms with Crippen molar-refractivity contribution in [1.29, 1.82) is 0 Å². The van der Waals surface area contributed by atoms with Gasteiger partial charge in [-0.3, -0.25) is 19.7 Å². The average molecular weight is 563 g/mol. The maximum atomic E-state index is 14.0. The molecule has 0 bridgehead atoms. The van der Waals surface area contributed by atoms with E-state index in [0.29, 0.717) is 41.8 Å². The summed E-state index contributed by atoms with van der Waals surface area (Å²) in [4.78, 5) is 34.3. The van der Waals surface area contributed by atoms with Crippen LogP contribution in [0.2, 0.25) is 0 Å². The molecule has 1 aliphatic rings. The maximum absolute atomic E-state index is 14.0. The largest absolute Gasteiger partial charge is 0.416 e. The Hall–Kier alpha value is -4.42. The van der Waals surface area contributed by atoms with E-state index in [0.717, 1.165) is 24.7 Å². The number of alkyl halides is 3. The number of likely N-dealkylation sites (N-methyl/N-ethyl adjacent to an activating group) is 1. The van der Waals surface area contributed by atoms with Gasteiger partial charge in [0, 0.05) is 62.4 Å². The number of anilines is 3. The van der Waals surface area contributed by atoms with Crippen molar-refractivity contribution in [3.63, 3.8) is 0 Å². The monoisotopic (exact) mass is 562 g/mol. The molecule has 1 aromatic carbocycles. The van der Waals surface area contributed by atoms with E-state index >= 15 is 0 Å². The molecule has 2 N–H and O–H groups in total. The van der Waals surface area contributed by atoms with Crippen molar-refractivity contribution in [3.05, 3.63) is 89.6 Å². The van der Waals surface area contributed by atoms with E-state index in [1.165, 1.54) is 18.3 Å². The number of hydrogen-bond acceptors (Lipinski definition) is 8. The molecule has 12 heteroatoms. The molecule has 1 fully saturated rings. The predicted octanol–water partition coefficient (Wildman–Crippen LogP) is 5.00. The average Bonchev–Trinajstić information content (AvgIpc) is 2.96. The van der Waals surface area contributed by atoms with E-state index in [2.05, 4.69) is 35.5 Å². The number of benzene rings is 1. The van der Waals surface area contributed by atoms with Crippen LogP contribution in [0.3, 0.4) is 0 Å². The van der Waals surface area contributed by atoms with E-state index < -0.39 is 17.6 Å². The highest BCUT2D eigenvalue weighted by Gasteiger charge is 2.34. The van der Waals surface area contributed by atoms with Crippen molar-refractivity contribution in [2.45, 2.75) is 19.6 Å². The molecule has 5 rings (SSSR count). The Kier molecular flexibility index (Phi) is 8.22. The molecule has 0 saturated carbocycles. The zero-order valence-electron chi connectivity index (χ0n) is 22.6. The van der Waals surface area contributed by atoms with Crippen LogP contribution in [0.15, 0.2) is 67.3 Å². The molecule has 212 valence electrons. The fraction of sp³-hybridized carbons (Fsp3) is 0.276. The highest BCUT2D eigenvalue weighted by Crippen LogP contribution is 2.34.